The molecule has 2 aromatic rings. The summed E-state index contributed by atoms with van der Waals surface area (Å²) < 4.78 is 0. The fourth-order valence-corrected chi connectivity index (χ4v) is 4.00. The second kappa shape index (κ2) is 6.43. The van der Waals surface area contributed by atoms with Gasteiger partial charge in [-0.25, -0.2) is 0 Å². The summed E-state index contributed by atoms with van der Waals surface area (Å²) in [7, 11) is 0. The molecule has 4 rings (SSSR count). The fraction of sp³-hybridized carbons (Fsp3) is 0.409. The molecular weight excluding hydrogens is 294 g/mol. The Morgan fingerprint density at radius 2 is 1.79 bits per heavy atom. The van der Waals surface area contributed by atoms with Crippen molar-refractivity contribution in [2.75, 3.05) is 6.54 Å². The van der Waals surface area contributed by atoms with Crippen LogP contribution in [0.3, 0.4) is 0 Å². The van der Waals surface area contributed by atoms with Crippen molar-refractivity contribution in [2.24, 2.45) is 11.8 Å². The minimum atomic E-state index is 0.288. The summed E-state index contributed by atoms with van der Waals surface area (Å²) in [6, 6.07) is 19.2. The third-order valence-electron chi connectivity index (χ3n) is 5.67. The van der Waals surface area contributed by atoms with Crippen molar-refractivity contribution in [3.8, 4) is 0 Å². The molecule has 2 heteroatoms. The summed E-state index contributed by atoms with van der Waals surface area (Å²) in [6.45, 7) is 3.80. The highest BCUT2D eigenvalue weighted by Crippen LogP contribution is 2.39. The number of hydrogen-bond donors (Lipinski definition) is 0. The normalized spacial score (nSPS) is 21.2. The van der Waals surface area contributed by atoms with Gasteiger partial charge in [-0.15, -0.1) is 0 Å². The Balaban J connectivity index is 1.59. The number of nitrogens with zero attached hydrogens (tertiary/aromatic N) is 1. The van der Waals surface area contributed by atoms with Gasteiger partial charge in [-0.3, -0.25) is 4.79 Å². The van der Waals surface area contributed by atoms with Crippen LogP contribution < -0.4 is 0 Å². The lowest BCUT2D eigenvalue weighted by atomic mass is 9.84. The Hall–Kier alpha value is -2.09. The molecule has 1 aliphatic heterocycles. The highest BCUT2D eigenvalue weighted by atomic mass is 16.2. The van der Waals surface area contributed by atoms with Gasteiger partial charge in [-0.05, 0) is 41.4 Å². The molecule has 1 amide bonds. The zero-order valence-electron chi connectivity index (χ0n) is 14.3. The van der Waals surface area contributed by atoms with Gasteiger partial charge in [-0.2, -0.15) is 0 Å². The quantitative estimate of drug-likeness (QED) is 0.806. The second-order valence-corrected chi connectivity index (χ2v) is 7.46. The molecule has 0 aromatic heterocycles. The van der Waals surface area contributed by atoms with Crippen LogP contribution in [0, 0.1) is 11.8 Å². The number of carbonyl (C=O) groups is 1. The molecule has 0 spiro atoms. The van der Waals surface area contributed by atoms with Crippen LogP contribution in [-0.4, -0.2) is 17.4 Å². The molecule has 0 bridgehead atoms. The summed E-state index contributed by atoms with van der Waals surface area (Å²) in [6.07, 6.45) is 3.32. The first-order chi connectivity index (χ1) is 11.7. The summed E-state index contributed by atoms with van der Waals surface area (Å²) in [4.78, 5) is 14.9. The standard InChI is InChI=1S/C22H25NO/c1-16(17-11-12-17)13-22(24)23-14-19-9-5-6-10-20(19)21(15-23)18-7-3-2-4-8-18/h2-10,16-17,21H,11-15H2,1H3/t16-,21-/m0/s1. The van der Waals surface area contributed by atoms with Gasteiger partial charge in [0.2, 0.25) is 5.91 Å². The molecule has 1 saturated carbocycles. The van der Waals surface area contributed by atoms with E-state index < -0.39 is 0 Å². The molecule has 0 unspecified atom stereocenters. The van der Waals surface area contributed by atoms with E-state index in [-0.39, 0.29) is 5.92 Å². The fourth-order valence-electron chi connectivity index (χ4n) is 4.00. The number of carbonyl (C=O) groups excluding carboxylic acids is 1. The van der Waals surface area contributed by atoms with E-state index in [1.54, 1.807) is 0 Å². The number of fused-ring (bicyclic) bond motifs is 1. The largest absolute Gasteiger partial charge is 0.337 e. The number of rotatable bonds is 4. The molecule has 0 saturated heterocycles. The van der Waals surface area contributed by atoms with E-state index in [0.29, 0.717) is 18.2 Å². The van der Waals surface area contributed by atoms with Crippen molar-refractivity contribution in [3.05, 3.63) is 71.3 Å². The maximum absolute atomic E-state index is 12.9. The van der Waals surface area contributed by atoms with E-state index in [2.05, 4.69) is 66.4 Å². The lowest BCUT2D eigenvalue weighted by molar-refractivity contribution is -0.133. The Kier molecular flexibility index (Phi) is 4.13. The molecule has 2 atom stereocenters. The molecule has 24 heavy (non-hydrogen) atoms. The highest BCUT2D eigenvalue weighted by molar-refractivity contribution is 5.77. The molecule has 1 heterocycles. The van der Waals surface area contributed by atoms with Gasteiger partial charge >= 0.3 is 0 Å². The first-order valence-corrected chi connectivity index (χ1v) is 9.13. The van der Waals surface area contributed by atoms with Crippen LogP contribution in [0.5, 0.6) is 0 Å². The number of hydrogen-bond acceptors (Lipinski definition) is 1. The summed E-state index contributed by atoms with van der Waals surface area (Å²) in [5.74, 6) is 1.93. The molecule has 0 radical (unpaired) electrons. The highest BCUT2D eigenvalue weighted by Gasteiger charge is 2.33. The number of benzene rings is 2. The van der Waals surface area contributed by atoms with Gasteiger partial charge in [-0.1, -0.05) is 61.5 Å². The Labute approximate surface area is 144 Å². The van der Waals surface area contributed by atoms with Gasteiger partial charge < -0.3 is 4.90 Å². The van der Waals surface area contributed by atoms with Crippen molar-refractivity contribution >= 4 is 5.91 Å². The Morgan fingerprint density at radius 1 is 1.08 bits per heavy atom. The molecule has 1 fully saturated rings. The summed E-state index contributed by atoms with van der Waals surface area (Å²) >= 11 is 0. The maximum atomic E-state index is 12.9. The molecule has 2 aromatic carbocycles. The maximum Gasteiger partial charge on any atom is 0.223 e. The van der Waals surface area contributed by atoms with Crippen LogP contribution >= 0.6 is 0 Å². The van der Waals surface area contributed by atoms with Crippen LogP contribution in [0.15, 0.2) is 54.6 Å². The van der Waals surface area contributed by atoms with Crippen LogP contribution in [0.1, 0.15) is 48.8 Å². The predicted molar refractivity (Wildman–Crippen MR) is 96.6 cm³/mol. The van der Waals surface area contributed by atoms with Crippen molar-refractivity contribution in [1.29, 1.82) is 0 Å². The van der Waals surface area contributed by atoms with E-state index >= 15 is 0 Å². The van der Waals surface area contributed by atoms with E-state index in [9.17, 15) is 4.79 Å². The van der Waals surface area contributed by atoms with Crippen LogP contribution in [0.2, 0.25) is 0 Å². The molecule has 2 aliphatic rings. The SMILES string of the molecule is C[C@@H](CC(=O)N1Cc2ccccc2[C@H](c2ccccc2)C1)C1CC1. The molecule has 124 valence electrons. The zero-order valence-corrected chi connectivity index (χ0v) is 14.3. The lowest BCUT2D eigenvalue weighted by Gasteiger charge is -2.35. The average molecular weight is 319 g/mol. The van der Waals surface area contributed by atoms with Crippen molar-refractivity contribution in [1.82, 2.24) is 4.90 Å². The molecular formula is C22H25NO. The zero-order chi connectivity index (χ0) is 16.5. The first kappa shape index (κ1) is 15.4. The van der Waals surface area contributed by atoms with E-state index in [4.69, 9.17) is 0 Å². The van der Waals surface area contributed by atoms with Crippen LogP contribution in [0.25, 0.3) is 0 Å². The van der Waals surface area contributed by atoms with E-state index in [1.807, 2.05) is 0 Å². The van der Waals surface area contributed by atoms with Crippen LogP contribution in [-0.2, 0) is 11.3 Å². The van der Waals surface area contributed by atoms with Crippen LogP contribution in [0.4, 0.5) is 0 Å². The Bertz CT molecular complexity index is 720. The van der Waals surface area contributed by atoms with Crippen molar-refractivity contribution < 1.29 is 4.79 Å². The van der Waals surface area contributed by atoms with Gasteiger partial charge in [0.05, 0.1) is 0 Å². The summed E-state index contributed by atoms with van der Waals surface area (Å²) in [5.41, 5.74) is 3.98. The van der Waals surface area contributed by atoms with Gasteiger partial charge in [0.15, 0.2) is 0 Å². The minimum Gasteiger partial charge on any atom is -0.337 e. The monoisotopic (exact) mass is 319 g/mol. The van der Waals surface area contributed by atoms with Gasteiger partial charge in [0.25, 0.3) is 0 Å². The van der Waals surface area contributed by atoms with E-state index in [0.717, 1.165) is 19.0 Å². The lowest BCUT2D eigenvalue weighted by Crippen LogP contribution is -2.39. The third-order valence-corrected chi connectivity index (χ3v) is 5.67. The molecule has 1 aliphatic carbocycles. The smallest absolute Gasteiger partial charge is 0.223 e. The van der Waals surface area contributed by atoms with Gasteiger partial charge in [0.1, 0.15) is 0 Å². The topological polar surface area (TPSA) is 20.3 Å². The summed E-state index contributed by atoms with van der Waals surface area (Å²) in [5, 5.41) is 0. The first-order valence-electron chi connectivity index (χ1n) is 9.13. The third kappa shape index (κ3) is 3.10. The minimum absolute atomic E-state index is 0.288. The second-order valence-electron chi connectivity index (χ2n) is 7.46. The average Bonchev–Trinajstić information content (AvgIpc) is 3.46. The molecule has 2 nitrogen and oxygen atoms in total. The molecule has 0 N–H and O–H groups in total. The van der Waals surface area contributed by atoms with Crippen molar-refractivity contribution in [3.63, 3.8) is 0 Å². The van der Waals surface area contributed by atoms with Crippen molar-refractivity contribution in [2.45, 2.75) is 38.6 Å². The number of amides is 1. The predicted octanol–water partition coefficient (Wildman–Crippen LogP) is 4.60. The van der Waals surface area contributed by atoms with Gasteiger partial charge in [0, 0.05) is 25.4 Å². The Morgan fingerprint density at radius 3 is 2.54 bits per heavy atom. The van der Waals surface area contributed by atoms with E-state index in [1.165, 1.54) is 29.5 Å².